The fourth-order valence-corrected chi connectivity index (χ4v) is 3.16. The van der Waals surface area contributed by atoms with Crippen LogP contribution in [-0.2, 0) is 12.3 Å². The first kappa shape index (κ1) is 17.9. The van der Waals surface area contributed by atoms with Crippen LogP contribution in [0, 0.1) is 0 Å². The zero-order valence-corrected chi connectivity index (χ0v) is 15.1. The van der Waals surface area contributed by atoms with E-state index >= 15 is 0 Å². The van der Waals surface area contributed by atoms with Crippen LogP contribution in [0.1, 0.15) is 38.2 Å². The maximum absolute atomic E-state index is 11.4. The van der Waals surface area contributed by atoms with Crippen molar-refractivity contribution >= 4 is 5.95 Å². The van der Waals surface area contributed by atoms with Gasteiger partial charge in [-0.05, 0) is 6.42 Å². The van der Waals surface area contributed by atoms with Gasteiger partial charge in [-0.1, -0.05) is 61.5 Å². The van der Waals surface area contributed by atoms with Crippen molar-refractivity contribution in [2.45, 2.75) is 44.9 Å². The third kappa shape index (κ3) is 3.56. The van der Waals surface area contributed by atoms with Crippen LogP contribution in [0.4, 0.5) is 5.95 Å². The Balaban J connectivity index is 0.00000192. The van der Waals surface area contributed by atoms with Gasteiger partial charge in [0, 0.05) is 11.6 Å². The van der Waals surface area contributed by atoms with E-state index in [0.717, 1.165) is 24.5 Å². The Hall–Kier alpha value is -1.46. The smallest absolute Gasteiger partial charge is 0.396 e. The summed E-state index contributed by atoms with van der Waals surface area (Å²) in [5.41, 5.74) is -0.0783. The molecule has 0 bridgehead atoms. The van der Waals surface area contributed by atoms with Crippen molar-refractivity contribution in [3.8, 4) is 0 Å². The lowest BCUT2D eigenvalue weighted by atomic mass is 10.0. The van der Waals surface area contributed by atoms with E-state index in [4.69, 9.17) is 0 Å². The number of unbranched alkanes of at least 4 members (excludes halogenated alkanes) is 3. The zero-order chi connectivity index (χ0) is 15.4. The standard InChI is InChI=1S/C18H24N3O.BrH/c1-2-3-4-8-14-21-17-19-12-9-13-20(17)15-18(21,22)16-10-6-5-7-11-16;/h5-7,9-13,22H,2-4,8,14-15H2,1H3;1H/q+1;/p-1/t18-;/m1./s1. The predicted molar refractivity (Wildman–Crippen MR) is 86.3 cm³/mol. The van der Waals surface area contributed by atoms with Crippen LogP contribution in [-0.4, -0.2) is 16.6 Å². The molecule has 23 heavy (non-hydrogen) atoms. The second kappa shape index (κ2) is 7.88. The highest BCUT2D eigenvalue weighted by molar-refractivity contribution is 5.37. The monoisotopic (exact) mass is 377 g/mol. The maximum Gasteiger partial charge on any atom is 0.396 e. The van der Waals surface area contributed by atoms with Crippen LogP contribution in [0.3, 0.4) is 0 Å². The van der Waals surface area contributed by atoms with Crippen molar-refractivity contribution in [1.29, 1.82) is 0 Å². The molecule has 1 aliphatic heterocycles. The molecule has 1 atom stereocenters. The van der Waals surface area contributed by atoms with E-state index in [9.17, 15) is 5.11 Å². The molecule has 2 heterocycles. The molecule has 3 rings (SSSR count). The van der Waals surface area contributed by atoms with Crippen molar-refractivity contribution in [2.75, 3.05) is 11.4 Å². The Morgan fingerprint density at radius 2 is 1.96 bits per heavy atom. The van der Waals surface area contributed by atoms with Gasteiger partial charge in [0.2, 0.25) is 5.72 Å². The minimum Gasteiger partial charge on any atom is -1.00 e. The third-order valence-electron chi connectivity index (χ3n) is 4.35. The molecule has 0 spiro atoms. The van der Waals surface area contributed by atoms with E-state index in [1.807, 2.05) is 47.2 Å². The molecule has 0 saturated carbocycles. The third-order valence-corrected chi connectivity index (χ3v) is 4.35. The van der Waals surface area contributed by atoms with Crippen LogP contribution in [0.15, 0.2) is 48.8 Å². The second-order valence-corrected chi connectivity index (χ2v) is 5.94. The molecular weight excluding hydrogens is 354 g/mol. The van der Waals surface area contributed by atoms with Gasteiger partial charge < -0.3 is 22.1 Å². The summed E-state index contributed by atoms with van der Waals surface area (Å²) in [7, 11) is 0. The summed E-state index contributed by atoms with van der Waals surface area (Å²) in [6.45, 7) is 3.55. The lowest BCUT2D eigenvalue weighted by molar-refractivity contribution is -0.685. The average Bonchev–Trinajstić information content (AvgIpc) is 2.85. The molecule has 0 radical (unpaired) electrons. The van der Waals surface area contributed by atoms with Gasteiger partial charge in [0.25, 0.3) is 0 Å². The number of halogens is 1. The summed E-state index contributed by atoms with van der Waals surface area (Å²) in [6, 6.07) is 11.8. The van der Waals surface area contributed by atoms with E-state index in [1.54, 1.807) is 6.20 Å². The van der Waals surface area contributed by atoms with Crippen molar-refractivity contribution in [2.24, 2.45) is 0 Å². The summed E-state index contributed by atoms with van der Waals surface area (Å²) >= 11 is 0. The molecule has 0 aliphatic carbocycles. The number of aliphatic hydroxyl groups is 1. The highest BCUT2D eigenvalue weighted by atomic mass is 79.9. The molecule has 124 valence electrons. The van der Waals surface area contributed by atoms with Gasteiger partial charge in [0.05, 0.1) is 12.7 Å². The minimum atomic E-state index is -1.01. The number of rotatable bonds is 6. The Bertz CT molecular complexity index is 623. The number of hydrogen-bond acceptors (Lipinski definition) is 3. The Morgan fingerprint density at radius 1 is 1.17 bits per heavy atom. The van der Waals surface area contributed by atoms with E-state index in [0.29, 0.717) is 6.54 Å². The van der Waals surface area contributed by atoms with Gasteiger partial charge in [0.1, 0.15) is 12.7 Å². The van der Waals surface area contributed by atoms with Gasteiger partial charge in [-0.3, -0.25) is 0 Å². The second-order valence-electron chi connectivity index (χ2n) is 5.94. The number of aromatic nitrogens is 2. The zero-order valence-electron chi connectivity index (χ0n) is 13.5. The molecule has 0 unspecified atom stereocenters. The van der Waals surface area contributed by atoms with Crippen molar-refractivity contribution in [3.05, 3.63) is 54.4 Å². The Kier molecular flexibility index (Phi) is 6.13. The van der Waals surface area contributed by atoms with Gasteiger partial charge >= 0.3 is 5.95 Å². The summed E-state index contributed by atoms with van der Waals surface area (Å²) in [4.78, 5) is 6.54. The fourth-order valence-electron chi connectivity index (χ4n) is 3.16. The average molecular weight is 378 g/mol. The minimum absolute atomic E-state index is 0. The van der Waals surface area contributed by atoms with E-state index in [2.05, 4.69) is 16.8 Å². The predicted octanol–water partition coefficient (Wildman–Crippen LogP) is -0.381. The number of anilines is 1. The Morgan fingerprint density at radius 3 is 2.70 bits per heavy atom. The fraction of sp³-hybridized carbons (Fsp3) is 0.444. The van der Waals surface area contributed by atoms with Crippen molar-refractivity contribution in [3.63, 3.8) is 0 Å². The highest BCUT2D eigenvalue weighted by Crippen LogP contribution is 2.33. The summed E-state index contributed by atoms with van der Waals surface area (Å²) in [6.07, 6.45) is 8.49. The van der Waals surface area contributed by atoms with Crippen molar-refractivity contribution < 1.29 is 26.7 Å². The summed E-state index contributed by atoms with van der Waals surface area (Å²) < 4.78 is 2.03. The molecule has 0 amide bonds. The first-order valence-corrected chi connectivity index (χ1v) is 8.15. The number of nitrogens with zero attached hydrogens (tertiary/aromatic N) is 3. The quantitative estimate of drug-likeness (QED) is 0.550. The first-order valence-electron chi connectivity index (χ1n) is 8.15. The van der Waals surface area contributed by atoms with Crippen LogP contribution in [0.25, 0.3) is 0 Å². The molecule has 1 aromatic heterocycles. The van der Waals surface area contributed by atoms with Crippen LogP contribution >= 0.6 is 0 Å². The molecule has 5 heteroatoms. The van der Waals surface area contributed by atoms with Crippen LogP contribution in [0.2, 0.25) is 0 Å². The van der Waals surface area contributed by atoms with Gasteiger partial charge in [-0.25, -0.2) is 9.47 Å². The molecule has 1 N–H and O–H groups in total. The molecule has 1 aromatic carbocycles. The molecule has 1 aliphatic rings. The summed E-state index contributed by atoms with van der Waals surface area (Å²) in [5, 5.41) is 11.4. The number of fused-ring (bicyclic) bond motifs is 1. The van der Waals surface area contributed by atoms with E-state index in [-0.39, 0.29) is 17.0 Å². The molecule has 4 nitrogen and oxygen atoms in total. The molecular formula is C18H24BrN3O. The van der Waals surface area contributed by atoms with Crippen LogP contribution < -0.4 is 26.4 Å². The van der Waals surface area contributed by atoms with Crippen LogP contribution in [0.5, 0.6) is 0 Å². The Labute approximate surface area is 148 Å². The lowest BCUT2D eigenvalue weighted by Gasteiger charge is -2.28. The van der Waals surface area contributed by atoms with E-state index in [1.165, 1.54) is 19.3 Å². The summed E-state index contributed by atoms with van der Waals surface area (Å²) in [5.74, 6) is 0.852. The maximum atomic E-state index is 11.4. The van der Waals surface area contributed by atoms with E-state index < -0.39 is 5.72 Å². The largest absolute Gasteiger partial charge is 1.00 e. The highest BCUT2D eigenvalue weighted by Gasteiger charge is 2.50. The van der Waals surface area contributed by atoms with Gasteiger partial charge in [0.15, 0.2) is 0 Å². The lowest BCUT2D eigenvalue weighted by Crippen LogP contribution is -3.00. The number of benzene rings is 1. The van der Waals surface area contributed by atoms with Crippen molar-refractivity contribution in [1.82, 2.24) is 4.98 Å². The number of hydrogen-bond donors (Lipinski definition) is 1. The van der Waals surface area contributed by atoms with Gasteiger partial charge in [-0.2, -0.15) is 0 Å². The molecule has 0 fully saturated rings. The SMILES string of the molecule is CCCCCCN1c2nccc[n+]2C[C@@]1(O)c1ccccc1.[Br-]. The topological polar surface area (TPSA) is 40.2 Å². The molecule has 0 saturated heterocycles. The molecule has 2 aromatic rings. The van der Waals surface area contributed by atoms with Gasteiger partial charge in [-0.15, -0.1) is 0 Å². The normalized spacial score (nSPS) is 19.3. The first-order chi connectivity index (χ1) is 10.8.